The van der Waals surface area contributed by atoms with Crippen molar-refractivity contribution < 1.29 is 4.79 Å². The van der Waals surface area contributed by atoms with Gasteiger partial charge in [0.1, 0.15) is 11.1 Å². The number of fused-ring (bicyclic) bond motifs is 1. The number of carbonyl (C=O) groups excluding carboxylic acids is 1. The van der Waals surface area contributed by atoms with E-state index >= 15 is 0 Å². The van der Waals surface area contributed by atoms with Gasteiger partial charge in [-0.05, 0) is 39.9 Å². The van der Waals surface area contributed by atoms with Crippen LogP contribution >= 0.6 is 12.2 Å². The number of nitrogens with two attached hydrogens (primary N) is 1. The standard InChI is InChI=1S/C11H17N5OS/c1-5-15-8-7(6(2)14-15)13-10(18)16(8)11(3,4)9(12)17/h5H2,1-4H3,(H2,12,17)(H,13,18). The summed E-state index contributed by atoms with van der Waals surface area (Å²) in [5, 5.41) is 4.41. The molecule has 0 spiro atoms. The summed E-state index contributed by atoms with van der Waals surface area (Å²) in [6.45, 7) is 8.10. The average Bonchev–Trinajstić information content (AvgIpc) is 2.76. The Kier molecular flexibility index (Phi) is 2.81. The Bertz CT molecular complexity index is 675. The number of primary amides is 1. The molecule has 2 rings (SSSR count). The zero-order valence-corrected chi connectivity index (χ0v) is 11.8. The average molecular weight is 267 g/mol. The summed E-state index contributed by atoms with van der Waals surface area (Å²) in [6, 6.07) is 0. The van der Waals surface area contributed by atoms with E-state index in [1.807, 2.05) is 18.5 Å². The van der Waals surface area contributed by atoms with Crippen molar-refractivity contribution in [3.63, 3.8) is 0 Å². The van der Waals surface area contributed by atoms with Gasteiger partial charge in [-0.2, -0.15) is 5.10 Å². The fraction of sp³-hybridized carbons (Fsp3) is 0.545. The van der Waals surface area contributed by atoms with Crippen molar-refractivity contribution in [2.75, 3.05) is 0 Å². The molecule has 18 heavy (non-hydrogen) atoms. The normalized spacial score (nSPS) is 12.2. The minimum atomic E-state index is -0.894. The zero-order valence-electron chi connectivity index (χ0n) is 10.9. The first-order valence-electron chi connectivity index (χ1n) is 5.79. The monoisotopic (exact) mass is 267 g/mol. The van der Waals surface area contributed by atoms with E-state index in [2.05, 4.69) is 10.1 Å². The van der Waals surface area contributed by atoms with Gasteiger partial charge in [0.05, 0.1) is 5.69 Å². The van der Waals surface area contributed by atoms with E-state index in [9.17, 15) is 4.79 Å². The maximum Gasteiger partial charge on any atom is 0.243 e. The molecule has 0 aliphatic rings. The van der Waals surface area contributed by atoms with Crippen molar-refractivity contribution in [1.29, 1.82) is 0 Å². The summed E-state index contributed by atoms with van der Waals surface area (Å²) in [6.07, 6.45) is 0. The van der Waals surface area contributed by atoms with E-state index in [4.69, 9.17) is 18.0 Å². The second-order valence-electron chi connectivity index (χ2n) is 4.79. The van der Waals surface area contributed by atoms with E-state index < -0.39 is 11.4 Å². The van der Waals surface area contributed by atoms with Crippen molar-refractivity contribution in [2.24, 2.45) is 5.73 Å². The SMILES string of the molecule is CCn1nc(C)c2[nH]c(=S)n(C(C)(C)C(N)=O)c21. The number of nitrogens with zero attached hydrogens (tertiary/aromatic N) is 3. The Hall–Kier alpha value is -1.63. The molecule has 98 valence electrons. The molecule has 0 fully saturated rings. The van der Waals surface area contributed by atoms with Gasteiger partial charge in [-0.1, -0.05) is 0 Å². The van der Waals surface area contributed by atoms with Gasteiger partial charge in [-0.3, -0.25) is 9.36 Å². The third kappa shape index (κ3) is 1.58. The van der Waals surface area contributed by atoms with Crippen LogP contribution < -0.4 is 5.73 Å². The molecule has 3 N–H and O–H groups in total. The molecular formula is C11H17N5OS. The molecule has 0 radical (unpaired) electrons. The van der Waals surface area contributed by atoms with E-state index in [1.54, 1.807) is 18.4 Å². The molecule has 2 aromatic heterocycles. The van der Waals surface area contributed by atoms with Crippen molar-refractivity contribution in [1.82, 2.24) is 19.3 Å². The molecule has 0 atom stereocenters. The highest BCUT2D eigenvalue weighted by molar-refractivity contribution is 7.71. The number of H-pyrrole nitrogens is 1. The molecule has 0 saturated carbocycles. The molecule has 7 heteroatoms. The summed E-state index contributed by atoms with van der Waals surface area (Å²) in [7, 11) is 0. The summed E-state index contributed by atoms with van der Waals surface area (Å²) in [4.78, 5) is 14.7. The number of rotatable bonds is 3. The highest BCUT2D eigenvalue weighted by Gasteiger charge is 2.31. The smallest absolute Gasteiger partial charge is 0.243 e. The Morgan fingerprint density at radius 3 is 2.67 bits per heavy atom. The Labute approximate surface area is 110 Å². The van der Waals surface area contributed by atoms with Crippen LogP contribution in [0.4, 0.5) is 0 Å². The minimum Gasteiger partial charge on any atom is -0.368 e. The van der Waals surface area contributed by atoms with E-state index in [1.165, 1.54) is 0 Å². The predicted molar refractivity (Wildman–Crippen MR) is 71.8 cm³/mol. The molecule has 0 aromatic carbocycles. The van der Waals surface area contributed by atoms with Crippen LogP contribution in [0.5, 0.6) is 0 Å². The number of hydrogen-bond donors (Lipinski definition) is 2. The Balaban J connectivity index is 2.90. The topological polar surface area (TPSA) is 81.6 Å². The van der Waals surface area contributed by atoms with Crippen LogP contribution in [0.15, 0.2) is 0 Å². The van der Waals surface area contributed by atoms with Crippen LogP contribution in [0.3, 0.4) is 0 Å². The Morgan fingerprint density at radius 2 is 2.17 bits per heavy atom. The highest BCUT2D eigenvalue weighted by Crippen LogP contribution is 2.25. The minimum absolute atomic E-state index is 0.430. The lowest BCUT2D eigenvalue weighted by Gasteiger charge is -2.23. The van der Waals surface area contributed by atoms with Gasteiger partial charge >= 0.3 is 0 Å². The Morgan fingerprint density at radius 1 is 1.56 bits per heavy atom. The summed E-state index contributed by atoms with van der Waals surface area (Å²) in [5.74, 6) is -0.430. The number of nitrogens with one attached hydrogen (secondary N) is 1. The number of imidazole rings is 1. The second-order valence-corrected chi connectivity index (χ2v) is 5.18. The number of carbonyl (C=O) groups is 1. The maximum atomic E-state index is 11.6. The molecule has 0 bridgehead atoms. The quantitative estimate of drug-likeness (QED) is 0.826. The van der Waals surface area contributed by atoms with Crippen molar-refractivity contribution in [2.45, 2.75) is 39.8 Å². The van der Waals surface area contributed by atoms with Gasteiger partial charge in [0.25, 0.3) is 0 Å². The fourth-order valence-electron chi connectivity index (χ4n) is 2.05. The van der Waals surface area contributed by atoms with Gasteiger partial charge in [-0.15, -0.1) is 0 Å². The molecule has 6 nitrogen and oxygen atoms in total. The summed E-state index contributed by atoms with van der Waals surface area (Å²) in [5.41, 5.74) is 7.10. The third-order valence-electron chi connectivity index (χ3n) is 3.21. The van der Waals surface area contributed by atoms with Crippen molar-refractivity contribution in [3.8, 4) is 0 Å². The number of aryl methyl sites for hydroxylation is 2. The summed E-state index contributed by atoms with van der Waals surface area (Å²) < 4.78 is 4.04. The fourth-order valence-corrected chi connectivity index (χ4v) is 2.47. The first-order valence-corrected chi connectivity index (χ1v) is 6.20. The molecule has 0 saturated heterocycles. The van der Waals surface area contributed by atoms with E-state index in [-0.39, 0.29) is 0 Å². The molecule has 2 heterocycles. The van der Waals surface area contributed by atoms with E-state index in [0.717, 1.165) is 16.9 Å². The largest absolute Gasteiger partial charge is 0.368 e. The number of aromatic amines is 1. The molecule has 1 amide bonds. The highest BCUT2D eigenvalue weighted by atomic mass is 32.1. The van der Waals surface area contributed by atoms with Gasteiger partial charge in [-0.25, -0.2) is 4.68 Å². The first kappa shape index (κ1) is 12.8. The lowest BCUT2D eigenvalue weighted by molar-refractivity contribution is -0.125. The maximum absolute atomic E-state index is 11.6. The van der Waals surface area contributed by atoms with Crippen LogP contribution in [0.1, 0.15) is 26.5 Å². The first-order chi connectivity index (χ1) is 8.30. The molecule has 0 aliphatic carbocycles. The lowest BCUT2D eigenvalue weighted by Crippen LogP contribution is -2.41. The van der Waals surface area contributed by atoms with Crippen LogP contribution in [0.2, 0.25) is 0 Å². The molecular weight excluding hydrogens is 250 g/mol. The summed E-state index contributed by atoms with van der Waals surface area (Å²) >= 11 is 5.30. The molecule has 0 aliphatic heterocycles. The van der Waals surface area contributed by atoms with Gasteiger partial charge in [0, 0.05) is 6.54 Å². The lowest BCUT2D eigenvalue weighted by atomic mass is 10.1. The molecule has 2 aromatic rings. The molecule has 0 unspecified atom stereocenters. The third-order valence-corrected chi connectivity index (χ3v) is 3.49. The van der Waals surface area contributed by atoms with Crippen molar-refractivity contribution >= 4 is 29.3 Å². The van der Waals surface area contributed by atoms with Crippen LogP contribution in [-0.4, -0.2) is 25.2 Å². The van der Waals surface area contributed by atoms with Gasteiger partial charge in [0.2, 0.25) is 5.91 Å². The van der Waals surface area contributed by atoms with E-state index in [0.29, 0.717) is 11.3 Å². The number of aromatic nitrogens is 4. The number of amides is 1. The van der Waals surface area contributed by atoms with Crippen molar-refractivity contribution in [3.05, 3.63) is 10.5 Å². The predicted octanol–water partition coefficient (Wildman–Crippen LogP) is 1.44. The van der Waals surface area contributed by atoms with Gasteiger partial charge in [0.15, 0.2) is 10.4 Å². The zero-order chi connectivity index (χ0) is 13.7. The number of hydrogen-bond acceptors (Lipinski definition) is 3. The van der Waals surface area contributed by atoms with Crippen LogP contribution in [-0.2, 0) is 16.9 Å². The van der Waals surface area contributed by atoms with Gasteiger partial charge < -0.3 is 10.7 Å². The van der Waals surface area contributed by atoms with Crippen LogP contribution in [0, 0.1) is 11.7 Å². The second kappa shape index (κ2) is 3.94. The van der Waals surface area contributed by atoms with Crippen LogP contribution in [0.25, 0.3) is 11.2 Å².